The van der Waals surface area contributed by atoms with Gasteiger partial charge in [0.2, 0.25) is 0 Å². The van der Waals surface area contributed by atoms with Crippen LogP contribution >= 0.6 is 0 Å². The highest BCUT2D eigenvalue weighted by molar-refractivity contribution is 7.92. The van der Waals surface area contributed by atoms with Crippen LogP contribution in [0.3, 0.4) is 0 Å². The van der Waals surface area contributed by atoms with Gasteiger partial charge in [0.1, 0.15) is 0 Å². The first-order valence-electron chi connectivity index (χ1n) is 6.71. The Hall–Kier alpha value is -2.60. The average molecular weight is 313 g/mol. The molecule has 0 atom stereocenters. The van der Waals surface area contributed by atoms with Crippen LogP contribution in [0.15, 0.2) is 72.1 Å². The van der Waals surface area contributed by atoms with Crippen LogP contribution in [0, 0.1) is 0 Å². The molecule has 0 fully saturated rings. The normalized spacial score (nSPS) is 11.3. The molecule has 5 nitrogen and oxygen atoms in total. The molecule has 22 heavy (non-hydrogen) atoms. The van der Waals surface area contributed by atoms with Crippen LogP contribution in [-0.2, 0) is 17.1 Å². The van der Waals surface area contributed by atoms with Crippen molar-refractivity contribution in [3.63, 3.8) is 0 Å². The van der Waals surface area contributed by atoms with Gasteiger partial charge >= 0.3 is 0 Å². The van der Waals surface area contributed by atoms with Crippen molar-refractivity contribution < 1.29 is 8.42 Å². The largest absolute Gasteiger partial charge is 0.339 e. The molecule has 3 rings (SSSR count). The number of rotatable bonds is 4. The van der Waals surface area contributed by atoms with Crippen molar-refractivity contribution in [2.24, 2.45) is 7.05 Å². The molecule has 1 heterocycles. The first-order chi connectivity index (χ1) is 10.5. The zero-order chi connectivity index (χ0) is 15.6. The van der Waals surface area contributed by atoms with Crippen LogP contribution < -0.4 is 4.72 Å². The predicted molar refractivity (Wildman–Crippen MR) is 85.9 cm³/mol. The fourth-order valence-electron chi connectivity index (χ4n) is 2.10. The summed E-state index contributed by atoms with van der Waals surface area (Å²) in [5, 5.41) is 0.00198. The molecule has 3 aromatic rings. The first-order valence-corrected chi connectivity index (χ1v) is 8.19. The molecular weight excluding hydrogens is 298 g/mol. The van der Waals surface area contributed by atoms with Crippen molar-refractivity contribution in [1.29, 1.82) is 0 Å². The van der Waals surface area contributed by atoms with Crippen LogP contribution in [0.2, 0.25) is 0 Å². The van der Waals surface area contributed by atoms with Crippen molar-refractivity contribution in [1.82, 2.24) is 9.55 Å². The molecule has 0 aliphatic carbocycles. The van der Waals surface area contributed by atoms with Gasteiger partial charge in [0.15, 0.2) is 5.03 Å². The highest BCUT2D eigenvalue weighted by Crippen LogP contribution is 2.22. The Morgan fingerprint density at radius 1 is 0.955 bits per heavy atom. The van der Waals surface area contributed by atoms with Gasteiger partial charge in [-0.25, -0.2) is 4.98 Å². The third-order valence-electron chi connectivity index (χ3n) is 3.20. The van der Waals surface area contributed by atoms with Crippen LogP contribution in [-0.4, -0.2) is 18.0 Å². The van der Waals surface area contributed by atoms with Gasteiger partial charge in [-0.15, -0.1) is 0 Å². The number of aromatic nitrogens is 2. The lowest BCUT2D eigenvalue weighted by molar-refractivity contribution is 0.598. The number of sulfonamides is 1. The SMILES string of the molecule is Cn1cnc(S(=O)(=O)Nc2ccc(-c3ccccc3)cc2)c1. The maximum atomic E-state index is 12.2. The number of nitrogens with zero attached hydrogens (tertiary/aromatic N) is 2. The number of imidazole rings is 1. The molecule has 2 aromatic carbocycles. The van der Waals surface area contributed by atoms with Crippen molar-refractivity contribution in [3.05, 3.63) is 67.1 Å². The van der Waals surface area contributed by atoms with Crippen LogP contribution in [0.5, 0.6) is 0 Å². The second kappa shape index (κ2) is 5.65. The summed E-state index contributed by atoms with van der Waals surface area (Å²) in [5.74, 6) is 0. The summed E-state index contributed by atoms with van der Waals surface area (Å²) in [5.41, 5.74) is 2.62. The highest BCUT2D eigenvalue weighted by atomic mass is 32.2. The van der Waals surface area contributed by atoms with Crippen molar-refractivity contribution in [3.8, 4) is 11.1 Å². The molecule has 0 bridgehead atoms. The minimum atomic E-state index is -3.65. The second-order valence-electron chi connectivity index (χ2n) is 4.93. The molecule has 1 aromatic heterocycles. The number of hydrogen-bond acceptors (Lipinski definition) is 3. The molecule has 0 radical (unpaired) electrons. The van der Waals surface area contributed by atoms with Crippen LogP contribution in [0.1, 0.15) is 0 Å². The summed E-state index contributed by atoms with van der Waals surface area (Å²) in [4.78, 5) is 3.86. The molecule has 0 saturated heterocycles. The molecule has 0 unspecified atom stereocenters. The van der Waals surface area contributed by atoms with E-state index in [9.17, 15) is 8.42 Å². The minimum Gasteiger partial charge on any atom is -0.339 e. The highest BCUT2D eigenvalue weighted by Gasteiger charge is 2.16. The van der Waals surface area contributed by atoms with Gasteiger partial charge in [0.05, 0.1) is 6.33 Å². The Balaban J connectivity index is 1.82. The van der Waals surface area contributed by atoms with E-state index in [0.717, 1.165) is 11.1 Å². The standard InChI is InChI=1S/C16H15N3O2S/c1-19-11-16(17-12-19)22(20,21)18-15-9-7-14(8-10-15)13-5-3-2-4-6-13/h2-12,18H,1H3. The zero-order valence-corrected chi connectivity index (χ0v) is 12.8. The molecule has 0 spiro atoms. The Labute approximate surface area is 129 Å². The van der Waals surface area contributed by atoms with Crippen molar-refractivity contribution in [2.75, 3.05) is 4.72 Å². The molecule has 0 amide bonds. The first kappa shape index (κ1) is 14.3. The third kappa shape index (κ3) is 3.01. The fourth-order valence-corrected chi connectivity index (χ4v) is 3.14. The van der Waals surface area contributed by atoms with Crippen LogP contribution in [0.25, 0.3) is 11.1 Å². The van der Waals surface area contributed by atoms with Crippen LogP contribution in [0.4, 0.5) is 5.69 Å². The summed E-state index contributed by atoms with van der Waals surface area (Å²) >= 11 is 0. The lowest BCUT2D eigenvalue weighted by atomic mass is 10.1. The van der Waals surface area contributed by atoms with Crippen molar-refractivity contribution in [2.45, 2.75) is 5.03 Å². The molecule has 112 valence electrons. The lowest BCUT2D eigenvalue weighted by Gasteiger charge is -2.07. The monoisotopic (exact) mass is 313 g/mol. The van der Waals surface area contributed by atoms with Gasteiger partial charge in [-0.3, -0.25) is 4.72 Å². The number of aryl methyl sites for hydroxylation is 1. The van der Waals surface area contributed by atoms with E-state index >= 15 is 0 Å². The van der Waals surface area contributed by atoms with Gasteiger partial charge in [-0.05, 0) is 23.3 Å². The van der Waals surface area contributed by atoms with Gasteiger partial charge < -0.3 is 4.57 Å². The second-order valence-corrected chi connectivity index (χ2v) is 6.56. The Morgan fingerprint density at radius 2 is 1.59 bits per heavy atom. The smallest absolute Gasteiger partial charge is 0.280 e. The summed E-state index contributed by atoms with van der Waals surface area (Å²) in [6.45, 7) is 0. The third-order valence-corrected chi connectivity index (χ3v) is 4.47. The summed E-state index contributed by atoms with van der Waals surface area (Å²) in [6, 6.07) is 17.1. The molecule has 0 saturated carbocycles. The maximum Gasteiger partial charge on any atom is 0.280 e. The average Bonchev–Trinajstić information content (AvgIpc) is 2.96. The number of hydrogen-bond donors (Lipinski definition) is 1. The minimum absolute atomic E-state index is 0.00198. The number of benzene rings is 2. The van der Waals surface area contributed by atoms with E-state index in [2.05, 4.69) is 9.71 Å². The number of nitrogens with one attached hydrogen (secondary N) is 1. The molecule has 0 aliphatic heterocycles. The molecule has 0 aliphatic rings. The van der Waals surface area contributed by atoms with E-state index < -0.39 is 10.0 Å². The fraction of sp³-hybridized carbons (Fsp3) is 0.0625. The Bertz CT molecular complexity index is 869. The zero-order valence-electron chi connectivity index (χ0n) is 12.0. The van der Waals surface area contributed by atoms with E-state index in [0.29, 0.717) is 5.69 Å². The molecular formula is C16H15N3O2S. The van der Waals surface area contributed by atoms with Crippen molar-refractivity contribution >= 4 is 15.7 Å². The molecule has 6 heteroatoms. The topological polar surface area (TPSA) is 64.0 Å². The van der Waals surface area contributed by atoms with E-state index in [1.807, 2.05) is 42.5 Å². The quantitative estimate of drug-likeness (QED) is 0.805. The Kier molecular flexibility index (Phi) is 3.68. The van der Waals surface area contributed by atoms with Gasteiger partial charge in [-0.2, -0.15) is 8.42 Å². The summed E-state index contributed by atoms with van der Waals surface area (Å²) in [7, 11) is -1.93. The van der Waals surface area contributed by atoms with Gasteiger partial charge in [-0.1, -0.05) is 42.5 Å². The lowest BCUT2D eigenvalue weighted by Crippen LogP contribution is -2.13. The Morgan fingerprint density at radius 3 is 2.18 bits per heavy atom. The van der Waals surface area contributed by atoms with E-state index in [1.54, 1.807) is 23.7 Å². The van der Waals surface area contributed by atoms with Gasteiger partial charge in [0.25, 0.3) is 10.0 Å². The maximum absolute atomic E-state index is 12.2. The van der Waals surface area contributed by atoms with E-state index in [-0.39, 0.29) is 5.03 Å². The molecule has 1 N–H and O–H groups in total. The van der Waals surface area contributed by atoms with E-state index in [4.69, 9.17) is 0 Å². The number of anilines is 1. The van der Waals surface area contributed by atoms with E-state index in [1.165, 1.54) is 12.5 Å². The predicted octanol–water partition coefficient (Wildman–Crippen LogP) is 2.89. The summed E-state index contributed by atoms with van der Waals surface area (Å²) in [6.07, 6.45) is 2.91. The van der Waals surface area contributed by atoms with Gasteiger partial charge in [0, 0.05) is 18.9 Å². The summed E-state index contributed by atoms with van der Waals surface area (Å²) < 4.78 is 28.5.